The van der Waals surface area contributed by atoms with Gasteiger partial charge in [-0.25, -0.2) is 9.97 Å². The van der Waals surface area contributed by atoms with E-state index in [0.717, 1.165) is 30.0 Å². The van der Waals surface area contributed by atoms with E-state index in [-0.39, 0.29) is 0 Å². The zero-order valence-electron chi connectivity index (χ0n) is 8.92. The number of nitrogens with two attached hydrogens (primary N) is 1. The van der Waals surface area contributed by atoms with Crippen molar-refractivity contribution in [3.05, 3.63) is 17.0 Å². The van der Waals surface area contributed by atoms with Crippen molar-refractivity contribution >= 4 is 5.95 Å². The van der Waals surface area contributed by atoms with Crippen molar-refractivity contribution in [2.24, 2.45) is 5.73 Å². The summed E-state index contributed by atoms with van der Waals surface area (Å²) in [6, 6.07) is 0. The lowest BCUT2D eigenvalue weighted by molar-refractivity contribution is 0.108. The monoisotopic (exact) mass is 208 g/mol. The van der Waals surface area contributed by atoms with Crippen LogP contribution >= 0.6 is 0 Å². The first-order valence-corrected chi connectivity index (χ1v) is 5.19. The number of ether oxygens (including phenoxy) is 1. The van der Waals surface area contributed by atoms with E-state index < -0.39 is 0 Å². The van der Waals surface area contributed by atoms with Crippen molar-refractivity contribution < 1.29 is 4.74 Å². The Morgan fingerprint density at radius 2 is 2.33 bits per heavy atom. The van der Waals surface area contributed by atoms with Gasteiger partial charge in [0.1, 0.15) is 0 Å². The molecule has 2 rings (SSSR count). The summed E-state index contributed by atoms with van der Waals surface area (Å²) < 4.78 is 5.38. The maximum absolute atomic E-state index is 5.41. The lowest BCUT2D eigenvalue weighted by Crippen LogP contribution is -2.19. The standard InChI is InChI=1S/C10H16N4O/c1-7-8-6-15-5-2-9(8)14-10(13-7)12-4-3-11/h2-6,11H2,1H3,(H,12,13,14). The first-order chi connectivity index (χ1) is 7.31. The van der Waals surface area contributed by atoms with Crippen molar-refractivity contribution in [1.82, 2.24) is 9.97 Å². The zero-order valence-corrected chi connectivity index (χ0v) is 8.92. The molecule has 82 valence electrons. The molecule has 0 radical (unpaired) electrons. The van der Waals surface area contributed by atoms with Gasteiger partial charge in [0.2, 0.25) is 5.95 Å². The molecule has 0 saturated heterocycles. The van der Waals surface area contributed by atoms with Gasteiger partial charge >= 0.3 is 0 Å². The lowest BCUT2D eigenvalue weighted by atomic mass is 10.1. The molecule has 0 aliphatic carbocycles. The van der Waals surface area contributed by atoms with Crippen LogP contribution in [0, 0.1) is 6.92 Å². The van der Waals surface area contributed by atoms with Gasteiger partial charge in [0.25, 0.3) is 0 Å². The van der Waals surface area contributed by atoms with Gasteiger partial charge in [-0.2, -0.15) is 0 Å². The number of nitrogens with zero attached hydrogens (tertiary/aromatic N) is 2. The second-order valence-electron chi connectivity index (χ2n) is 3.58. The minimum absolute atomic E-state index is 0.586. The minimum atomic E-state index is 0.586. The highest BCUT2D eigenvalue weighted by molar-refractivity contribution is 5.34. The van der Waals surface area contributed by atoms with Crippen LogP contribution in [0.15, 0.2) is 0 Å². The Bertz CT molecular complexity index is 354. The summed E-state index contributed by atoms with van der Waals surface area (Å²) in [7, 11) is 0. The van der Waals surface area contributed by atoms with Gasteiger partial charge in [0.05, 0.1) is 18.9 Å². The second-order valence-corrected chi connectivity index (χ2v) is 3.58. The van der Waals surface area contributed by atoms with Crippen molar-refractivity contribution in [3.63, 3.8) is 0 Å². The molecule has 0 fully saturated rings. The fraction of sp³-hybridized carbons (Fsp3) is 0.600. The van der Waals surface area contributed by atoms with Gasteiger partial charge in [-0.15, -0.1) is 0 Å². The quantitative estimate of drug-likeness (QED) is 0.743. The molecule has 0 spiro atoms. The van der Waals surface area contributed by atoms with E-state index in [1.54, 1.807) is 0 Å². The molecule has 2 heterocycles. The number of aromatic nitrogens is 2. The third kappa shape index (κ3) is 2.24. The first kappa shape index (κ1) is 10.3. The Morgan fingerprint density at radius 1 is 1.47 bits per heavy atom. The lowest BCUT2D eigenvalue weighted by Gasteiger charge is -2.18. The largest absolute Gasteiger partial charge is 0.376 e. The van der Waals surface area contributed by atoms with Crippen molar-refractivity contribution in [1.29, 1.82) is 0 Å². The van der Waals surface area contributed by atoms with Crippen LogP contribution in [0.4, 0.5) is 5.95 Å². The summed E-state index contributed by atoms with van der Waals surface area (Å²) in [4.78, 5) is 8.82. The Kier molecular flexibility index (Phi) is 3.13. The summed E-state index contributed by atoms with van der Waals surface area (Å²) in [5.74, 6) is 0.679. The van der Waals surface area contributed by atoms with Crippen LogP contribution in [0.1, 0.15) is 17.0 Å². The second kappa shape index (κ2) is 4.55. The molecule has 0 saturated carbocycles. The average Bonchev–Trinajstić information content (AvgIpc) is 2.26. The van der Waals surface area contributed by atoms with Crippen LogP contribution in [0.2, 0.25) is 0 Å². The van der Waals surface area contributed by atoms with Crippen LogP contribution in [0.3, 0.4) is 0 Å². The van der Waals surface area contributed by atoms with Gasteiger partial charge in [-0.05, 0) is 6.92 Å². The molecule has 0 atom stereocenters. The van der Waals surface area contributed by atoms with E-state index >= 15 is 0 Å². The smallest absolute Gasteiger partial charge is 0.223 e. The molecule has 1 aromatic heterocycles. The van der Waals surface area contributed by atoms with Crippen LogP contribution in [0.25, 0.3) is 0 Å². The maximum Gasteiger partial charge on any atom is 0.223 e. The molecule has 0 bridgehead atoms. The van der Waals surface area contributed by atoms with Crippen molar-refractivity contribution in [3.8, 4) is 0 Å². The predicted octanol–water partition coefficient (Wildman–Crippen LogP) is 0.228. The van der Waals surface area contributed by atoms with E-state index in [1.807, 2.05) is 6.92 Å². The van der Waals surface area contributed by atoms with Gasteiger partial charge in [-0.3, -0.25) is 0 Å². The summed E-state index contributed by atoms with van der Waals surface area (Å²) in [6.07, 6.45) is 0.871. The normalized spacial score (nSPS) is 14.8. The van der Waals surface area contributed by atoms with Crippen LogP contribution < -0.4 is 11.1 Å². The third-order valence-electron chi connectivity index (χ3n) is 2.46. The fourth-order valence-corrected chi connectivity index (χ4v) is 1.66. The molecule has 1 aliphatic rings. The van der Waals surface area contributed by atoms with Crippen molar-refractivity contribution in [2.45, 2.75) is 20.0 Å². The summed E-state index contributed by atoms with van der Waals surface area (Å²) in [6.45, 7) is 4.66. The van der Waals surface area contributed by atoms with Gasteiger partial charge in [-0.1, -0.05) is 0 Å². The average molecular weight is 208 g/mol. The van der Waals surface area contributed by atoms with Crippen LogP contribution in [-0.4, -0.2) is 29.7 Å². The molecule has 15 heavy (non-hydrogen) atoms. The molecule has 3 N–H and O–H groups in total. The van der Waals surface area contributed by atoms with Crippen LogP contribution in [0.5, 0.6) is 0 Å². The Hall–Kier alpha value is -1.20. The molecule has 1 aliphatic heterocycles. The molecule has 0 amide bonds. The van der Waals surface area contributed by atoms with E-state index in [2.05, 4.69) is 15.3 Å². The molecular formula is C10H16N4O. The summed E-state index contributed by atoms with van der Waals surface area (Å²) >= 11 is 0. The SMILES string of the molecule is Cc1nc(NCCN)nc2c1COCC2. The maximum atomic E-state index is 5.41. The van der Waals surface area contributed by atoms with E-state index in [1.165, 1.54) is 0 Å². The number of anilines is 1. The first-order valence-electron chi connectivity index (χ1n) is 5.19. The number of hydrogen-bond donors (Lipinski definition) is 2. The van der Waals surface area contributed by atoms with Crippen molar-refractivity contribution in [2.75, 3.05) is 25.0 Å². The summed E-state index contributed by atoms with van der Waals surface area (Å²) in [5, 5.41) is 3.10. The number of fused-ring (bicyclic) bond motifs is 1. The number of hydrogen-bond acceptors (Lipinski definition) is 5. The van der Waals surface area contributed by atoms with Gasteiger partial charge < -0.3 is 15.8 Å². The summed E-state index contributed by atoms with van der Waals surface area (Å²) in [5.41, 5.74) is 8.66. The van der Waals surface area contributed by atoms with Gasteiger partial charge in [0, 0.05) is 30.8 Å². The topological polar surface area (TPSA) is 73.1 Å². The number of nitrogens with one attached hydrogen (secondary N) is 1. The highest BCUT2D eigenvalue weighted by atomic mass is 16.5. The van der Waals surface area contributed by atoms with E-state index in [9.17, 15) is 0 Å². The molecule has 0 aromatic carbocycles. The van der Waals surface area contributed by atoms with Crippen LogP contribution in [-0.2, 0) is 17.8 Å². The molecular weight excluding hydrogens is 192 g/mol. The van der Waals surface area contributed by atoms with E-state index in [0.29, 0.717) is 25.6 Å². The highest BCUT2D eigenvalue weighted by Crippen LogP contribution is 2.18. The Morgan fingerprint density at radius 3 is 3.13 bits per heavy atom. The minimum Gasteiger partial charge on any atom is -0.376 e. The molecule has 1 aromatic rings. The van der Waals surface area contributed by atoms with E-state index in [4.69, 9.17) is 10.5 Å². The Labute approximate surface area is 89.1 Å². The zero-order chi connectivity index (χ0) is 10.7. The Balaban J connectivity index is 2.24. The predicted molar refractivity (Wildman–Crippen MR) is 57.7 cm³/mol. The third-order valence-corrected chi connectivity index (χ3v) is 2.46. The fourth-order valence-electron chi connectivity index (χ4n) is 1.66. The number of rotatable bonds is 3. The van der Waals surface area contributed by atoms with Gasteiger partial charge in [0.15, 0.2) is 0 Å². The molecule has 5 heteroatoms. The molecule has 5 nitrogen and oxygen atoms in total. The highest BCUT2D eigenvalue weighted by Gasteiger charge is 2.15. The number of aryl methyl sites for hydroxylation is 1. The molecule has 0 unspecified atom stereocenters.